The molecular weight excluding hydrogens is 230 g/mol. The fourth-order valence-corrected chi connectivity index (χ4v) is 2.31. The Kier molecular flexibility index (Phi) is 2.76. The Hall–Kier alpha value is -1.88. The van der Waals surface area contributed by atoms with Crippen molar-refractivity contribution in [2.24, 2.45) is 7.05 Å². The standard InChI is InChI=1S/C13H15N3O2/c1-16-8-14-15-13(16)7-18-12-4-2-3-9-10(12)5-6-11(9)17/h2-4,8,11,17H,5-7H2,1H3. The molecule has 0 spiro atoms. The van der Waals surface area contributed by atoms with Gasteiger partial charge in [-0.05, 0) is 24.5 Å². The Balaban J connectivity index is 1.80. The molecule has 1 N–H and O–H groups in total. The quantitative estimate of drug-likeness (QED) is 0.887. The summed E-state index contributed by atoms with van der Waals surface area (Å²) in [7, 11) is 1.89. The largest absolute Gasteiger partial charge is 0.485 e. The third kappa shape index (κ3) is 1.86. The normalized spacial score (nSPS) is 17.8. The van der Waals surface area contributed by atoms with Crippen molar-refractivity contribution in [3.63, 3.8) is 0 Å². The molecule has 0 saturated carbocycles. The molecule has 0 bridgehead atoms. The van der Waals surface area contributed by atoms with Crippen LogP contribution in [0.2, 0.25) is 0 Å². The van der Waals surface area contributed by atoms with Gasteiger partial charge in [0.05, 0.1) is 6.10 Å². The van der Waals surface area contributed by atoms with Crippen LogP contribution in [0, 0.1) is 0 Å². The first kappa shape index (κ1) is 11.2. The molecule has 18 heavy (non-hydrogen) atoms. The Morgan fingerprint density at radius 3 is 3.17 bits per heavy atom. The van der Waals surface area contributed by atoms with Gasteiger partial charge in [0, 0.05) is 12.6 Å². The van der Waals surface area contributed by atoms with Crippen LogP contribution in [0.25, 0.3) is 0 Å². The molecule has 1 aliphatic carbocycles. The number of hydrogen-bond donors (Lipinski definition) is 1. The molecule has 0 fully saturated rings. The minimum atomic E-state index is -0.349. The van der Waals surface area contributed by atoms with Gasteiger partial charge in [0.2, 0.25) is 0 Å². The Morgan fingerprint density at radius 2 is 2.39 bits per heavy atom. The minimum absolute atomic E-state index is 0.349. The zero-order chi connectivity index (χ0) is 12.5. The van der Waals surface area contributed by atoms with E-state index in [0.29, 0.717) is 6.61 Å². The number of aliphatic hydroxyl groups is 1. The number of benzene rings is 1. The fourth-order valence-electron chi connectivity index (χ4n) is 2.31. The third-order valence-corrected chi connectivity index (χ3v) is 3.36. The number of hydrogen-bond acceptors (Lipinski definition) is 4. The molecule has 1 atom stereocenters. The first-order chi connectivity index (χ1) is 8.75. The summed E-state index contributed by atoms with van der Waals surface area (Å²) in [5, 5.41) is 17.6. The van der Waals surface area contributed by atoms with Gasteiger partial charge in [-0.1, -0.05) is 12.1 Å². The van der Waals surface area contributed by atoms with Crippen molar-refractivity contribution in [2.75, 3.05) is 0 Å². The average Bonchev–Trinajstić information content (AvgIpc) is 2.95. The maximum absolute atomic E-state index is 9.82. The maximum Gasteiger partial charge on any atom is 0.170 e. The van der Waals surface area contributed by atoms with E-state index < -0.39 is 0 Å². The second-order valence-corrected chi connectivity index (χ2v) is 4.53. The Labute approximate surface area is 105 Å². The molecule has 1 heterocycles. The lowest BCUT2D eigenvalue weighted by atomic mass is 10.1. The van der Waals surface area contributed by atoms with Crippen LogP contribution in [0.4, 0.5) is 0 Å². The summed E-state index contributed by atoms with van der Waals surface area (Å²) in [5.74, 6) is 1.62. The summed E-state index contributed by atoms with van der Waals surface area (Å²) >= 11 is 0. The minimum Gasteiger partial charge on any atom is -0.485 e. The van der Waals surface area contributed by atoms with Crippen molar-refractivity contribution >= 4 is 0 Å². The summed E-state index contributed by atoms with van der Waals surface area (Å²) in [4.78, 5) is 0. The monoisotopic (exact) mass is 245 g/mol. The zero-order valence-corrected chi connectivity index (χ0v) is 10.2. The number of fused-ring (bicyclic) bond motifs is 1. The molecule has 1 aromatic heterocycles. The predicted octanol–water partition coefficient (Wildman–Crippen LogP) is 1.37. The van der Waals surface area contributed by atoms with E-state index in [9.17, 15) is 5.11 Å². The number of aryl methyl sites for hydroxylation is 1. The Bertz CT molecular complexity index is 565. The first-order valence-electron chi connectivity index (χ1n) is 6.01. The molecular formula is C13H15N3O2. The van der Waals surface area contributed by atoms with Crippen molar-refractivity contribution < 1.29 is 9.84 Å². The summed E-state index contributed by atoms with van der Waals surface area (Å²) in [6.07, 6.45) is 2.95. The molecule has 1 aliphatic rings. The highest BCUT2D eigenvalue weighted by molar-refractivity contribution is 5.44. The van der Waals surface area contributed by atoms with Crippen molar-refractivity contribution in [1.29, 1.82) is 0 Å². The van der Waals surface area contributed by atoms with Crippen LogP contribution in [0.3, 0.4) is 0 Å². The van der Waals surface area contributed by atoms with Gasteiger partial charge >= 0.3 is 0 Å². The van der Waals surface area contributed by atoms with Gasteiger partial charge in [-0.2, -0.15) is 0 Å². The highest BCUT2D eigenvalue weighted by Gasteiger charge is 2.23. The smallest absolute Gasteiger partial charge is 0.170 e. The maximum atomic E-state index is 9.82. The van der Waals surface area contributed by atoms with Gasteiger partial charge < -0.3 is 14.4 Å². The SMILES string of the molecule is Cn1cnnc1COc1cccc2c1CCC2O. The summed E-state index contributed by atoms with van der Waals surface area (Å²) in [6.45, 7) is 0.392. The number of aromatic nitrogens is 3. The predicted molar refractivity (Wildman–Crippen MR) is 65.1 cm³/mol. The van der Waals surface area contributed by atoms with Crippen LogP contribution in [0.15, 0.2) is 24.5 Å². The van der Waals surface area contributed by atoms with Crippen molar-refractivity contribution in [3.8, 4) is 5.75 Å². The second kappa shape index (κ2) is 4.42. The third-order valence-electron chi connectivity index (χ3n) is 3.36. The van der Waals surface area contributed by atoms with Crippen LogP contribution in [0.1, 0.15) is 29.5 Å². The van der Waals surface area contributed by atoms with E-state index >= 15 is 0 Å². The Morgan fingerprint density at radius 1 is 1.50 bits per heavy atom. The van der Waals surface area contributed by atoms with Gasteiger partial charge in [-0.25, -0.2) is 0 Å². The number of rotatable bonds is 3. The topological polar surface area (TPSA) is 60.2 Å². The van der Waals surface area contributed by atoms with E-state index in [-0.39, 0.29) is 6.10 Å². The average molecular weight is 245 g/mol. The lowest BCUT2D eigenvalue weighted by molar-refractivity contribution is 0.180. The van der Waals surface area contributed by atoms with Gasteiger partial charge in [-0.3, -0.25) is 0 Å². The lowest BCUT2D eigenvalue weighted by Gasteiger charge is -2.10. The summed E-state index contributed by atoms with van der Waals surface area (Å²) in [6, 6.07) is 5.81. The van der Waals surface area contributed by atoms with Crippen molar-refractivity contribution in [1.82, 2.24) is 14.8 Å². The van der Waals surface area contributed by atoms with Gasteiger partial charge in [-0.15, -0.1) is 10.2 Å². The molecule has 2 aromatic rings. The molecule has 94 valence electrons. The number of nitrogens with zero attached hydrogens (tertiary/aromatic N) is 3. The van der Waals surface area contributed by atoms with E-state index in [4.69, 9.17) is 4.74 Å². The van der Waals surface area contributed by atoms with Crippen LogP contribution in [0.5, 0.6) is 5.75 Å². The molecule has 5 nitrogen and oxygen atoms in total. The van der Waals surface area contributed by atoms with E-state index in [1.807, 2.05) is 29.8 Å². The molecule has 3 rings (SSSR count). The van der Waals surface area contributed by atoms with E-state index in [1.165, 1.54) is 0 Å². The summed E-state index contributed by atoms with van der Waals surface area (Å²) < 4.78 is 7.62. The van der Waals surface area contributed by atoms with Gasteiger partial charge in [0.25, 0.3) is 0 Å². The van der Waals surface area contributed by atoms with Crippen LogP contribution in [-0.4, -0.2) is 19.9 Å². The lowest BCUT2D eigenvalue weighted by Crippen LogP contribution is -2.04. The first-order valence-corrected chi connectivity index (χ1v) is 6.01. The highest BCUT2D eigenvalue weighted by Crippen LogP contribution is 2.36. The van der Waals surface area contributed by atoms with E-state index in [0.717, 1.165) is 35.5 Å². The fraction of sp³-hybridized carbons (Fsp3) is 0.385. The molecule has 0 aliphatic heterocycles. The second-order valence-electron chi connectivity index (χ2n) is 4.53. The van der Waals surface area contributed by atoms with Crippen LogP contribution in [-0.2, 0) is 20.1 Å². The van der Waals surface area contributed by atoms with Crippen LogP contribution >= 0.6 is 0 Å². The number of aliphatic hydroxyl groups excluding tert-OH is 1. The molecule has 0 saturated heterocycles. The molecule has 0 amide bonds. The zero-order valence-electron chi connectivity index (χ0n) is 10.2. The van der Waals surface area contributed by atoms with Gasteiger partial charge in [0.1, 0.15) is 18.7 Å². The molecule has 5 heteroatoms. The molecule has 0 radical (unpaired) electrons. The molecule has 1 aromatic carbocycles. The highest BCUT2D eigenvalue weighted by atomic mass is 16.5. The van der Waals surface area contributed by atoms with Crippen LogP contribution < -0.4 is 4.74 Å². The van der Waals surface area contributed by atoms with E-state index in [2.05, 4.69) is 10.2 Å². The summed E-state index contributed by atoms with van der Waals surface area (Å²) in [5.41, 5.74) is 2.11. The van der Waals surface area contributed by atoms with E-state index in [1.54, 1.807) is 6.33 Å². The molecule has 1 unspecified atom stereocenters. The number of ether oxygens (including phenoxy) is 1. The van der Waals surface area contributed by atoms with Crippen molar-refractivity contribution in [3.05, 3.63) is 41.5 Å². The van der Waals surface area contributed by atoms with Gasteiger partial charge in [0.15, 0.2) is 5.82 Å². The van der Waals surface area contributed by atoms with Crippen molar-refractivity contribution in [2.45, 2.75) is 25.6 Å².